The van der Waals surface area contributed by atoms with Gasteiger partial charge in [0.15, 0.2) is 5.82 Å². The molecule has 3 heterocycles. The summed E-state index contributed by atoms with van der Waals surface area (Å²) < 4.78 is 6.13. The first-order chi connectivity index (χ1) is 30.6. The third-order valence-electron chi connectivity index (χ3n) is 11.5. The Hall–Kier alpha value is -8.41. The Bertz CT molecular complexity index is 3380. The predicted octanol–water partition coefficient (Wildman–Crippen LogP) is 14.1. The Labute approximate surface area is 359 Å². The topological polar surface area (TPSA) is 74.8 Å². The lowest BCUT2D eigenvalue weighted by atomic mass is 9.88. The molecular formula is C57H38N4O. The molecule has 1 aliphatic heterocycles. The molecule has 0 aliphatic carbocycles. The van der Waals surface area contributed by atoms with Crippen LogP contribution in [0.3, 0.4) is 0 Å². The van der Waals surface area contributed by atoms with Crippen LogP contribution in [-0.4, -0.2) is 15.7 Å². The Morgan fingerprint density at radius 1 is 0.435 bits per heavy atom. The maximum atomic E-state index is 9.58. The van der Waals surface area contributed by atoms with E-state index in [0.29, 0.717) is 11.5 Å². The van der Waals surface area contributed by atoms with E-state index in [9.17, 15) is 5.41 Å². The van der Waals surface area contributed by atoms with E-state index in [2.05, 4.69) is 145 Å². The first kappa shape index (κ1) is 36.7. The van der Waals surface area contributed by atoms with Crippen LogP contribution in [0.2, 0.25) is 0 Å². The SMILES string of the molecule is N=C(/C(=C1\NC(c2cccc(-c3nc(-c4ccccc4)cc(-c4cccc(-c5ccc6oc7ccccc7c6c5)c4)n3)c2)=Cc2ccccc21)c1ccccc1)c1ccccc1. The van der Waals surface area contributed by atoms with Crippen molar-refractivity contribution in [3.8, 4) is 45.0 Å². The van der Waals surface area contributed by atoms with Gasteiger partial charge >= 0.3 is 0 Å². The summed E-state index contributed by atoms with van der Waals surface area (Å²) in [5.41, 5.74) is 16.5. The summed E-state index contributed by atoms with van der Waals surface area (Å²) in [5, 5.41) is 15.6. The fraction of sp³-hybridized carbons (Fsp3) is 0. The van der Waals surface area contributed by atoms with Gasteiger partial charge in [-0.25, -0.2) is 9.97 Å². The number of benzene rings is 8. The molecule has 292 valence electrons. The largest absolute Gasteiger partial charge is 0.456 e. The van der Waals surface area contributed by atoms with Gasteiger partial charge in [-0.1, -0.05) is 176 Å². The minimum atomic E-state index is 0.447. The van der Waals surface area contributed by atoms with E-state index in [-0.39, 0.29) is 0 Å². The van der Waals surface area contributed by atoms with Gasteiger partial charge in [0.2, 0.25) is 0 Å². The van der Waals surface area contributed by atoms with Crippen molar-refractivity contribution in [3.05, 3.63) is 240 Å². The molecule has 0 bridgehead atoms. The van der Waals surface area contributed by atoms with Crippen molar-refractivity contribution in [3.63, 3.8) is 0 Å². The number of nitrogens with one attached hydrogen (secondary N) is 2. The molecular weight excluding hydrogens is 757 g/mol. The number of fused-ring (bicyclic) bond motifs is 4. The summed E-state index contributed by atoms with van der Waals surface area (Å²) in [6.07, 6.45) is 2.19. The maximum absolute atomic E-state index is 9.58. The molecule has 0 atom stereocenters. The molecule has 0 fully saturated rings. The van der Waals surface area contributed by atoms with Crippen molar-refractivity contribution in [2.75, 3.05) is 0 Å². The Balaban J connectivity index is 1.01. The highest BCUT2D eigenvalue weighted by molar-refractivity contribution is 6.36. The van der Waals surface area contributed by atoms with Gasteiger partial charge < -0.3 is 9.73 Å². The number of allylic oxidation sites excluding steroid dienone is 1. The molecule has 1 aliphatic rings. The van der Waals surface area contributed by atoms with Crippen molar-refractivity contribution in [1.82, 2.24) is 15.3 Å². The average molecular weight is 795 g/mol. The van der Waals surface area contributed by atoms with E-state index in [1.807, 2.05) is 78.9 Å². The molecule has 11 rings (SSSR count). The highest BCUT2D eigenvalue weighted by atomic mass is 16.3. The molecule has 0 amide bonds. The minimum absolute atomic E-state index is 0.447. The highest BCUT2D eigenvalue weighted by Gasteiger charge is 2.24. The van der Waals surface area contributed by atoms with Gasteiger partial charge in [0.1, 0.15) is 11.2 Å². The lowest BCUT2D eigenvalue weighted by molar-refractivity contribution is 0.669. The van der Waals surface area contributed by atoms with E-state index in [1.165, 1.54) is 0 Å². The van der Waals surface area contributed by atoms with Gasteiger partial charge in [-0.3, -0.25) is 5.41 Å². The van der Waals surface area contributed by atoms with Crippen molar-refractivity contribution in [2.24, 2.45) is 0 Å². The van der Waals surface area contributed by atoms with Crippen LogP contribution in [0.1, 0.15) is 27.8 Å². The minimum Gasteiger partial charge on any atom is -0.456 e. The molecule has 0 saturated heterocycles. The number of nitrogens with zero attached hydrogens (tertiary/aromatic N) is 2. The van der Waals surface area contributed by atoms with E-state index >= 15 is 0 Å². The van der Waals surface area contributed by atoms with E-state index in [0.717, 1.165) is 106 Å². The van der Waals surface area contributed by atoms with Gasteiger partial charge in [0.25, 0.3) is 0 Å². The zero-order valence-electron chi connectivity index (χ0n) is 33.6. The third-order valence-corrected chi connectivity index (χ3v) is 11.5. The molecule has 62 heavy (non-hydrogen) atoms. The van der Waals surface area contributed by atoms with E-state index in [1.54, 1.807) is 0 Å². The van der Waals surface area contributed by atoms with Crippen molar-refractivity contribution in [2.45, 2.75) is 0 Å². The molecule has 2 aromatic heterocycles. The van der Waals surface area contributed by atoms with Crippen LogP contribution in [-0.2, 0) is 0 Å². The monoisotopic (exact) mass is 794 g/mol. The van der Waals surface area contributed by atoms with Crippen molar-refractivity contribution in [1.29, 1.82) is 5.41 Å². The Kier molecular flexibility index (Phi) is 9.25. The lowest BCUT2D eigenvalue weighted by Gasteiger charge is -2.26. The molecule has 5 nitrogen and oxygen atoms in total. The second-order valence-corrected chi connectivity index (χ2v) is 15.4. The average Bonchev–Trinajstić information content (AvgIpc) is 3.73. The highest BCUT2D eigenvalue weighted by Crippen LogP contribution is 2.38. The van der Waals surface area contributed by atoms with Crippen LogP contribution in [0.25, 0.3) is 90.0 Å². The fourth-order valence-electron chi connectivity index (χ4n) is 8.44. The van der Waals surface area contributed by atoms with Crippen LogP contribution in [0.15, 0.2) is 217 Å². The molecule has 0 radical (unpaired) electrons. The van der Waals surface area contributed by atoms with Crippen LogP contribution in [0, 0.1) is 5.41 Å². The van der Waals surface area contributed by atoms with Crippen LogP contribution in [0.5, 0.6) is 0 Å². The summed E-state index contributed by atoms with van der Waals surface area (Å²) in [6.45, 7) is 0. The molecule has 8 aromatic carbocycles. The summed E-state index contributed by atoms with van der Waals surface area (Å²) in [7, 11) is 0. The summed E-state index contributed by atoms with van der Waals surface area (Å²) in [5.74, 6) is 0.628. The summed E-state index contributed by atoms with van der Waals surface area (Å²) >= 11 is 0. The van der Waals surface area contributed by atoms with Crippen LogP contribution in [0.4, 0.5) is 0 Å². The Morgan fingerprint density at radius 2 is 1.02 bits per heavy atom. The first-order valence-corrected chi connectivity index (χ1v) is 20.7. The van der Waals surface area contributed by atoms with Gasteiger partial charge in [-0.2, -0.15) is 0 Å². The second kappa shape index (κ2) is 15.6. The predicted molar refractivity (Wildman–Crippen MR) is 255 cm³/mol. The number of hydrogen-bond donors (Lipinski definition) is 2. The smallest absolute Gasteiger partial charge is 0.160 e. The van der Waals surface area contributed by atoms with E-state index < -0.39 is 0 Å². The molecule has 0 unspecified atom stereocenters. The lowest BCUT2D eigenvalue weighted by Crippen LogP contribution is -2.20. The number of aromatic nitrogens is 2. The molecule has 0 spiro atoms. The van der Waals surface area contributed by atoms with Crippen molar-refractivity contribution >= 4 is 50.7 Å². The number of hydrogen-bond acceptors (Lipinski definition) is 5. The maximum Gasteiger partial charge on any atom is 0.160 e. The zero-order valence-corrected chi connectivity index (χ0v) is 33.6. The van der Waals surface area contributed by atoms with Gasteiger partial charge in [-0.05, 0) is 70.3 Å². The number of rotatable bonds is 8. The molecule has 10 aromatic rings. The fourth-order valence-corrected chi connectivity index (χ4v) is 8.44. The van der Waals surface area contributed by atoms with Gasteiger partial charge in [-0.15, -0.1) is 0 Å². The zero-order chi connectivity index (χ0) is 41.4. The molecule has 0 saturated carbocycles. The standard InChI is InChI=1S/C57H38N4O/c58-55(39-20-8-3-9-21-39)54(38-18-6-2-7-19-38)56-46-27-11-10-22-42(46)35-49(59-56)44-25-15-26-45(33-44)57-60-50(37-16-4-1-5-17-37)36-51(61-57)43-24-14-23-40(32-43)41-30-31-53-48(34-41)47-28-12-13-29-52(47)62-53/h1-36,58-59H/b56-54-,58-55?. The third kappa shape index (κ3) is 6.87. The van der Waals surface area contributed by atoms with Crippen LogP contribution >= 0.6 is 0 Å². The second-order valence-electron chi connectivity index (χ2n) is 15.4. The summed E-state index contributed by atoms with van der Waals surface area (Å²) in [4.78, 5) is 10.5. The Morgan fingerprint density at radius 3 is 1.82 bits per heavy atom. The van der Waals surface area contributed by atoms with E-state index in [4.69, 9.17) is 14.4 Å². The number of furan rings is 1. The van der Waals surface area contributed by atoms with Gasteiger partial charge in [0, 0.05) is 49.9 Å². The normalized spacial score (nSPS) is 13.0. The van der Waals surface area contributed by atoms with Crippen molar-refractivity contribution < 1.29 is 4.42 Å². The first-order valence-electron chi connectivity index (χ1n) is 20.7. The van der Waals surface area contributed by atoms with Gasteiger partial charge in [0.05, 0.1) is 22.8 Å². The quantitative estimate of drug-likeness (QED) is 0.150. The number of para-hydroxylation sites is 1. The molecule has 2 N–H and O–H groups in total. The molecule has 5 heteroatoms. The van der Waals surface area contributed by atoms with Crippen LogP contribution < -0.4 is 5.32 Å². The summed E-state index contributed by atoms with van der Waals surface area (Å²) in [6, 6.07) is 72.5.